The van der Waals surface area contributed by atoms with Crippen molar-refractivity contribution in [3.05, 3.63) is 23.3 Å². The molecule has 0 saturated heterocycles. The minimum absolute atomic E-state index is 0.0149. The molecule has 1 rings (SSSR count). The zero-order valence-electron chi connectivity index (χ0n) is 13.3. The van der Waals surface area contributed by atoms with Gasteiger partial charge in [-0.15, -0.1) is 0 Å². The number of aromatic carboxylic acids is 1. The molecule has 0 aliphatic rings. The van der Waals surface area contributed by atoms with Crippen LogP contribution in [0.2, 0.25) is 18.1 Å². The summed E-state index contributed by atoms with van der Waals surface area (Å²) in [4.78, 5) is 11.2. The lowest BCUT2D eigenvalue weighted by Gasteiger charge is -2.36. The van der Waals surface area contributed by atoms with Gasteiger partial charge in [0.05, 0.1) is 18.2 Å². The fourth-order valence-corrected chi connectivity index (χ4v) is 2.53. The Morgan fingerprint density at radius 3 is 2.29 bits per heavy atom. The molecular formula is C15H21NO4Si. The van der Waals surface area contributed by atoms with E-state index in [1.807, 2.05) is 19.2 Å². The Kier molecular flexibility index (Phi) is 4.69. The van der Waals surface area contributed by atoms with Crippen LogP contribution in [0, 0.1) is 11.3 Å². The predicted octanol–water partition coefficient (Wildman–Crippen LogP) is 3.65. The van der Waals surface area contributed by atoms with Gasteiger partial charge in [-0.05, 0) is 30.3 Å². The van der Waals surface area contributed by atoms with Gasteiger partial charge in [-0.3, -0.25) is 0 Å². The molecule has 6 heteroatoms. The summed E-state index contributed by atoms with van der Waals surface area (Å²) in [5, 5.41) is 18.3. The molecular weight excluding hydrogens is 286 g/mol. The number of carbonyl (C=O) groups is 1. The summed E-state index contributed by atoms with van der Waals surface area (Å²) < 4.78 is 11.4. The Bertz CT molecular complexity index is 597. The largest absolute Gasteiger partial charge is 0.541 e. The highest BCUT2D eigenvalue weighted by Crippen LogP contribution is 2.41. The Morgan fingerprint density at radius 2 is 1.90 bits per heavy atom. The number of methoxy groups -OCH3 is 1. The van der Waals surface area contributed by atoms with Crippen LogP contribution in [0.4, 0.5) is 0 Å². The molecule has 1 N–H and O–H groups in total. The lowest BCUT2D eigenvalue weighted by molar-refractivity contribution is 0.0696. The summed E-state index contributed by atoms with van der Waals surface area (Å²) in [6.07, 6.45) is 0. The lowest BCUT2D eigenvalue weighted by Crippen LogP contribution is -2.44. The van der Waals surface area contributed by atoms with Crippen LogP contribution in [0.1, 0.15) is 36.7 Å². The zero-order chi connectivity index (χ0) is 16.4. The van der Waals surface area contributed by atoms with Gasteiger partial charge in [0.25, 0.3) is 8.32 Å². The number of hydrogen-bond acceptors (Lipinski definition) is 4. The van der Waals surface area contributed by atoms with E-state index in [9.17, 15) is 10.1 Å². The van der Waals surface area contributed by atoms with Crippen molar-refractivity contribution >= 4 is 14.3 Å². The third-order valence-electron chi connectivity index (χ3n) is 3.80. The number of hydrogen-bond donors (Lipinski definition) is 1. The molecule has 0 heterocycles. The van der Waals surface area contributed by atoms with E-state index < -0.39 is 14.3 Å². The third kappa shape index (κ3) is 3.55. The van der Waals surface area contributed by atoms with Crippen LogP contribution in [0.15, 0.2) is 12.1 Å². The van der Waals surface area contributed by atoms with Crippen LogP contribution in [0.3, 0.4) is 0 Å². The number of nitriles is 1. The van der Waals surface area contributed by atoms with E-state index in [-0.39, 0.29) is 21.9 Å². The molecule has 0 atom stereocenters. The van der Waals surface area contributed by atoms with E-state index in [0.717, 1.165) is 0 Å². The predicted molar refractivity (Wildman–Crippen MR) is 82.5 cm³/mol. The van der Waals surface area contributed by atoms with Gasteiger partial charge < -0.3 is 14.3 Å². The van der Waals surface area contributed by atoms with Gasteiger partial charge in [-0.1, -0.05) is 20.8 Å². The van der Waals surface area contributed by atoms with E-state index in [1.54, 1.807) is 0 Å². The second kappa shape index (κ2) is 5.78. The maximum absolute atomic E-state index is 11.2. The first-order chi connectivity index (χ1) is 9.53. The summed E-state index contributed by atoms with van der Waals surface area (Å²) in [7, 11) is -0.730. The summed E-state index contributed by atoms with van der Waals surface area (Å²) >= 11 is 0. The van der Waals surface area contributed by atoms with Crippen LogP contribution >= 0.6 is 0 Å². The molecule has 5 nitrogen and oxygen atoms in total. The number of benzene rings is 1. The first-order valence-corrected chi connectivity index (χ1v) is 9.48. The first-order valence-electron chi connectivity index (χ1n) is 6.58. The number of carboxylic acid groups (broad SMARTS) is 1. The van der Waals surface area contributed by atoms with Crippen LogP contribution in [0.25, 0.3) is 0 Å². The summed E-state index contributed by atoms with van der Waals surface area (Å²) in [6.45, 7) is 10.3. The molecule has 1 aromatic carbocycles. The molecule has 0 saturated carbocycles. The lowest BCUT2D eigenvalue weighted by atomic mass is 10.1. The van der Waals surface area contributed by atoms with Crippen LogP contribution in [0.5, 0.6) is 11.5 Å². The highest BCUT2D eigenvalue weighted by atomic mass is 28.4. The highest BCUT2D eigenvalue weighted by Gasteiger charge is 2.40. The standard InChI is InChI=1S/C15H21NO4Si/c1-15(2,3)21(5,6)20-12-8-10(14(17)18)7-11(9-16)13(12)19-4/h7-8H,1-6H3,(H,17,18). The van der Waals surface area contributed by atoms with E-state index in [0.29, 0.717) is 5.75 Å². The van der Waals surface area contributed by atoms with Crippen molar-refractivity contribution in [2.24, 2.45) is 0 Å². The maximum atomic E-state index is 11.2. The van der Waals surface area contributed by atoms with Crippen molar-refractivity contribution in [1.29, 1.82) is 5.26 Å². The first kappa shape index (κ1) is 17.0. The van der Waals surface area contributed by atoms with Crippen LogP contribution < -0.4 is 9.16 Å². The average molecular weight is 307 g/mol. The fraction of sp³-hybridized carbons (Fsp3) is 0.467. The van der Waals surface area contributed by atoms with Gasteiger partial charge in [0.2, 0.25) is 0 Å². The minimum atomic E-state index is -2.17. The maximum Gasteiger partial charge on any atom is 0.335 e. The van der Waals surface area contributed by atoms with E-state index in [4.69, 9.17) is 14.3 Å². The number of nitrogens with zero attached hydrogens (tertiary/aromatic N) is 1. The van der Waals surface area contributed by atoms with E-state index in [1.165, 1.54) is 19.2 Å². The molecule has 21 heavy (non-hydrogen) atoms. The van der Waals surface area contributed by atoms with E-state index in [2.05, 4.69) is 20.8 Å². The molecule has 0 aromatic heterocycles. The molecule has 1 aromatic rings. The summed E-state index contributed by atoms with van der Waals surface area (Å²) in [5.41, 5.74) is 0.173. The molecule has 0 bridgehead atoms. The van der Waals surface area contributed by atoms with E-state index >= 15 is 0 Å². The number of carboxylic acids is 1. The molecule has 0 unspecified atom stereocenters. The third-order valence-corrected chi connectivity index (χ3v) is 8.14. The van der Waals surface area contributed by atoms with Crippen LogP contribution in [-0.2, 0) is 0 Å². The molecule has 0 radical (unpaired) electrons. The minimum Gasteiger partial charge on any atom is -0.541 e. The molecule has 0 spiro atoms. The van der Waals surface area contributed by atoms with Crippen molar-refractivity contribution < 1.29 is 19.1 Å². The van der Waals surface area contributed by atoms with Crippen LogP contribution in [-0.4, -0.2) is 26.5 Å². The zero-order valence-corrected chi connectivity index (χ0v) is 14.3. The summed E-state index contributed by atoms with van der Waals surface area (Å²) in [6, 6.07) is 4.66. The van der Waals surface area contributed by atoms with Gasteiger partial charge >= 0.3 is 5.97 Å². The topological polar surface area (TPSA) is 79.5 Å². The SMILES string of the molecule is COc1c(C#N)cc(C(=O)O)cc1O[Si](C)(C)C(C)(C)C. The number of rotatable bonds is 4. The smallest absolute Gasteiger partial charge is 0.335 e. The second-order valence-corrected chi connectivity index (χ2v) is 11.1. The average Bonchev–Trinajstić information content (AvgIpc) is 2.35. The molecule has 0 fully saturated rings. The van der Waals surface area contributed by atoms with Gasteiger partial charge in [0, 0.05) is 0 Å². The molecule has 0 amide bonds. The molecule has 0 aliphatic carbocycles. The Hall–Kier alpha value is -2.00. The normalized spacial score (nSPS) is 11.7. The monoisotopic (exact) mass is 307 g/mol. The molecule has 114 valence electrons. The fourth-order valence-electron chi connectivity index (χ4n) is 1.52. The Morgan fingerprint density at radius 1 is 1.33 bits per heavy atom. The van der Waals surface area contributed by atoms with Crippen molar-refractivity contribution in [2.75, 3.05) is 7.11 Å². The van der Waals surface area contributed by atoms with Crippen molar-refractivity contribution in [2.45, 2.75) is 38.9 Å². The van der Waals surface area contributed by atoms with Crippen molar-refractivity contribution in [3.63, 3.8) is 0 Å². The van der Waals surface area contributed by atoms with Gasteiger partial charge in [0.15, 0.2) is 5.75 Å². The summed E-state index contributed by atoms with van der Waals surface area (Å²) in [5.74, 6) is -0.498. The second-order valence-electron chi connectivity index (χ2n) is 6.33. The number of ether oxygens (including phenoxy) is 1. The van der Waals surface area contributed by atoms with Gasteiger partial charge in [-0.2, -0.15) is 5.26 Å². The van der Waals surface area contributed by atoms with Gasteiger partial charge in [0.1, 0.15) is 11.8 Å². The quantitative estimate of drug-likeness (QED) is 0.859. The van der Waals surface area contributed by atoms with Gasteiger partial charge in [-0.25, -0.2) is 4.79 Å². The Balaban J connectivity index is 3.44. The Labute approximate surface area is 126 Å². The highest BCUT2D eigenvalue weighted by molar-refractivity contribution is 6.74. The van der Waals surface area contributed by atoms with Crippen molar-refractivity contribution in [1.82, 2.24) is 0 Å². The molecule has 0 aliphatic heterocycles. The van der Waals surface area contributed by atoms with Crippen molar-refractivity contribution in [3.8, 4) is 17.6 Å².